The third-order valence-electron chi connectivity index (χ3n) is 4.15. The molecular weight excluding hydrogens is 351 g/mol. The molecule has 0 aliphatic heterocycles. The molecule has 19 heavy (non-hydrogen) atoms. The van der Waals surface area contributed by atoms with Crippen molar-refractivity contribution in [1.82, 2.24) is 0 Å². The second-order valence-electron chi connectivity index (χ2n) is 5.49. The lowest BCUT2D eigenvalue weighted by molar-refractivity contribution is 0.0663. The number of halogens is 1. The second-order valence-corrected chi connectivity index (χ2v) is 6.25. The molecule has 3 heteroatoms. The summed E-state index contributed by atoms with van der Waals surface area (Å²) in [4.78, 5) is 0. The number of hydrogen-bond acceptors (Lipinski definition) is 2. The Morgan fingerprint density at radius 2 is 2.21 bits per heavy atom. The molecule has 0 aromatic rings. The van der Waals surface area contributed by atoms with E-state index in [1.165, 1.54) is 0 Å². The van der Waals surface area contributed by atoms with Gasteiger partial charge in [0.05, 0.1) is 11.9 Å². The first kappa shape index (κ1) is 15.1. The highest BCUT2D eigenvalue weighted by Crippen LogP contribution is 2.30. The summed E-state index contributed by atoms with van der Waals surface area (Å²) >= 11 is 2.44. The SMILES string of the molecule is COC1CC=C(CI)C[C@H]1/C=C/[C@@H]1CC=C(O)CC1. The van der Waals surface area contributed by atoms with Crippen molar-refractivity contribution in [2.24, 2.45) is 11.8 Å². The Morgan fingerprint density at radius 1 is 1.37 bits per heavy atom. The monoisotopic (exact) mass is 374 g/mol. The number of alkyl halides is 1. The summed E-state index contributed by atoms with van der Waals surface area (Å²) in [7, 11) is 1.82. The molecule has 0 amide bonds. The summed E-state index contributed by atoms with van der Waals surface area (Å²) in [6.45, 7) is 0. The molecule has 2 nitrogen and oxygen atoms in total. The van der Waals surface area contributed by atoms with Gasteiger partial charge in [0.25, 0.3) is 0 Å². The van der Waals surface area contributed by atoms with Crippen molar-refractivity contribution in [3.63, 3.8) is 0 Å². The Balaban J connectivity index is 1.94. The van der Waals surface area contributed by atoms with Gasteiger partial charge in [0.2, 0.25) is 0 Å². The quantitative estimate of drug-likeness (QED) is 0.444. The van der Waals surface area contributed by atoms with Crippen molar-refractivity contribution in [2.75, 3.05) is 11.5 Å². The molecule has 106 valence electrons. The van der Waals surface area contributed by atoms with Crippen LogP contribution in [0.3, 0.4) is 0 Å². The molecule has 0 aromatic carbocycles. The van der Waals surface area contributed by atoms with E-state index in [0.29, 0.717) is 23.7 Å². The molecule has 1 unspecified atom stereocenters. The Labute approximate surface area is 129 Å². The molecule has 0 aromatic heterocycles. The van der Waals surface area contributed by atoms with Crippen LogP contribution in [0.1, 0.15) is 32.1 Å². The van der Waals surface area contributed by atoms with E-state index in [4.69, 9.17) is 4.74 Å². The van der Waals surface area contributed by atoms with Crippen LogP contribution >= 0.6 is 22.6 Å². The fourth-order valence-corrected chi connectivity index (χ4v) is 3.49. The second kappa shape index (κ2) is 7.48. The van der Waals surface area contributed by atoms with Crippen molar-refractivity contribution in [3.05, 3.63) is 35.6 Å². The lowest BCUT2D eigenvalue weighted by Crippen LogP contribution is -2.25. The van der Waals surface area contributed by atoms with Crippen LogP contribution < -0.4 is 0 Å². The number of hydrogen-bond donors (Lipinski definition) is 1. The smallest absolute Gasteiger partial charge is 0.0883 e. The first-order valence-corrected chi connectivity index (χ1v) is 8.58. The molecule has 1 N–H and O–H groups in total. The van der Waals surface area contributed by atoms with Crippen LogP contribution in [0.4, 0.5) is 0 Å². The van der Waals surface area contributed by atoms with Crippen molar-refractivity contribution < 1.29 is 9.84 Å². The maximum absolute atomic E-state index is 9.40. The minimum absolute atomic E-state index is 0.329. The summed E-state index contributed by atoms with van der Waals surface area (Å²) in [6.07, 6.45) is 14.4. The number of aliphatic hydroxyl groups excluding tert-OH is 1. The predicted octanol–water partition coefficient (Wildman–Crippen LogP) is 4.57. The number of aliphatic hydroxyl groups is 1. The molecule has 0 saturated carbocycles. The number of allylic oxidation sites excluding steroid dienone is 4. The van der Waals surface area contributed by atoms with Crippen LogP contribution in [0, 0.1) is 11.8 Å². The fourth-order valence-electron chi connectivity index (χ4n) is 2.86. The van der Waals surface area contributed by atoms with Crippen LogP contribution in [0.25, 0.3) is 0 Å². The summed E-state index contributed by atoms with van der Waals surface area (Å²) in [5.74, 6) is 1.66. The van der Waals surface area contributed by atoms with Crippen LogP contribution in [0.15, 0.2) is 35.6 Å². The molecule has 3 atom stereocenters. The van der Waals surface area contributed by atoms with Crippen molar-refractivity contribution in [1.29, 1.82) is 0 Å². The van der Waals surface area contributed by atoms with E-state index in [-0.39, 0.29) is 0 Å². The summed E-state index contributed by atoms with van der Waals surface area (Å²) in [5, 5.41) is 9.40. The van der Waals surface area contributed by atoms with Gasteiger partial charge in [0, 0.05) is 23.9 Å². The maximum atomic E-state index is 9.40. The van der Waals surface area contributed by atoms with E-state index in [1.54, 1.807) is 5.57 Å². The van der Waals surface area contributed by atoms with Crippen molar-refractivity contribution >= 4 is 22.6 Å². The Hall–Kier alpha value is -0.290. The molecule has 2 aliphatic rings. The zero-order chi connectivity index (χ0) is 13.7. The number of rotatable bonds is 4. The van der Waals surface area contributed by atoms with Gasteiger partial charge in [-0.15, -0.1) is 0 Å². The molecule has 0 spiro atoms. The number of ether oxygens (including phenoxy) is 1. The van der Waals surface area contributed by atoms with Gasteiger partial charge >= 0.3 is 0 Å². The standard InChI is InChI=1S/C16H23IO2/c1-19-16-9-5-13(11-17)10-14(16)6-2-12-3-7-15(18)8-4-12/h2,5-7,12,14,16,18H,3-4,8-11H2,1H3/b6-2+/t12-,14-,16?/m1/s1. The predicted molar refractivity (Wildman–Crippen MR) is 87.7 cm³/mol. The van der Waals surface area contributed by atoms with E-state index in [9.17, 15) is 5.11 Å². The molecule has 0 saturated heterocycles. The van der Waals surface area contributed by atoms with E-state index in [0.717, 1.165) is 36.5 Å². The highest BCUT2D eigenvalue weighted by atomic mass is 127. The van der Waals surface area contributed by atoms with Gasteiger partial charge in [-0.2, -0.15) is 0 Å². The van der Waals surface area contributed by atoms with Gasteiger partial charge in [-0.25, -0.2) is 0 Å². The molecule has 0 heterocycles. The van der Waals surface area contributed by atoms with Crippen molar-refractivity contribution in [3.8, 4) is 0 Å². The molecular formula is C16H23IO2. The summed E-state index contributed by atoms with van der Waals surface area (Å²) in [5.41, 5.74) is 1.55. The molecule has 0 bridgehead atoms. The van der Waals surface area contributed by atoms with Gasteiger partial charge in [0.1, 0.15) is 0 Å². The van der Waals surface area contributed by atoms with Crippen LogP contribution in [-0.4, -0.2) is 22.7 Å². The molecule has 0 radical (unpaired) electrons. The Morgan fingerprint density at radius 3 is 2.84 bits per heavy atom. The lowest BCUT2D eigenvalue weighted by Gasteiger charge is -2.28. The van der Waals surface area contributed by atoms with Crippen LogP contribution in [0.2, 0.25) is 0 Å². The van der Waals surface area contributed by atoms with Crippen molar-refractivity contribution in [2.45, 2.75) is 38.2 Å². The third kappa shape index (κ3) is 4.35. The fraction of sp³-hybridized carbons (Fsp3) is 0.625. The Kier molecular flexibility index (Phi) is 5.95. The van der Waals surface area contributed by atoms with Gasteiger partial charge in [-0.05, 0) is 37.7 Å². The van der Waals surface area contributed by atoms with Gasteiger partial charge in [-0.1, -0.05) is 46.4 Å². The average Bonchev–Trinajstić information content (AvgIpc) is 2.46. The largest absolute Gasteiger partial charge is 0.513 e. The topological polar surface area (TPSA) is 29.5 Å². The first-order chi connectivity index (χ1) is 9.22. The average molecular weight is 374 g/mol. The van der Waals surface area contributed by atoms with Crippen LogP contribution in [-0.2, 0) is 4.74 Å². The highest BCUT2D eigenvalue weighted by molar-refractivity contribution is 14.1. The molecule has 2 aliphatic carbocycles. The van der Waals surface area contributed by atoms with E-state index in [2.05, 4.69) is 40.8 Å². The third-order valence-corrected chi connectivity index (χ3v) is 5.13. The zero-order valence-electron chi connectivity index (χ0n) is 11.5. The van der Waals surface area contributed by atoms with Gasteiger partial charge in [0.15, 0.2) is 0 Å². The molecule has 2 rings (SSSR count). The van der Waals surface area contributed by atoms with E-state index >= 15 is 0 Å². The maximum Gasteiger partial charge on any atom is 0.0883 e. The Bertz CT molecular complexity index is 384. The molecule has 0 fully saturated rings. The summed E-state index contributed by atoms with van der Waals surface area (Å²) < 4.78 is 6.73. The van der Waals surface area contributed by atoms with Gasteiger partial charge < -0.3 is 9.84 Å². The van der Waals surface area contributed by atoms with Gasteiger partial charge in [-0.3, -0.25) is 0 Å². The minimum atomic E-state index is 0.329. The van der Waals surface area contributed by atoms with Crippen LogP contribution in [0.5, 0.6) is 0 Å². The lowest BCUT2D eigenvalue weighted by atomic mass is 9.84. The zero-order valence-corrected chi connectivity index (χ0v) is 13.7. The van der Waals surface area contributed by atoms with E-state index < -0.39 is 0 Å². The normalized spacial score (nSPS) is 32.2. The van der Waals surface area contributed by atoms with E-state index in [1.807, 2.05) is 13.2 Å². The first-order valence-electron chi connectivity index (χ1n) is 7.06. The minimum Gasteiger partial charge on any atom is -0.513 e. The summed E-state index contributed by atoms with van der Waals surface area (Å²) in [6, 6.07) is 0. The highest BCUT2D eigenvalue weighted by Gasteiger charge is 2.23. The number of methoxy groups -OCH3 is 1.